The van der Waals surface area contributed by atoms with Crippen LogP contribution >= 0.6 is 0 Å². The minimum Gasteiger partial charge on any atom is -0.353 e. The van der Waals surface area contributed by atoms with Crippen molar-refractivity contribution in [2.45, 2.75) is 32.7 Å². The number of fused-ring (bicyclic) bond motifs is 1. The number of benzene rings is 1. The van der Waals surface area contributed by atoms with E-state index < -0.39 is 6.04 Å². The van der Waals surface area contributed by atoms with E-state index in [0.717, 1.165) is 17.7 Å². The number of anilines is 1. The van der Waals surface area contributed by atoms with Gasteiger partial charge in [-0.25, -0.2) is 0 Å². The standard InChI is InChI=1S/C16H23N3O2/c1-3-11(2)15(17)16(21)18-8-9-19-13-7-5-4-6-12(13)10-14(19)20/h4-7,11,15H,3,8-10,17H2,1-2H3,(H,18,21). The number of nitrogens with one attached hydrogen (secondary N) is 1. The number of nitrogens with zero attached hydrogens (tertiary/aromatic N) is 1. The van der Waals surface area contributed by atoms with E-state index in [-0.39, 0.29) is 17.7 Å². The van der Waals surface area contributed by atoms with Crippen molar-refractivity contribution in [1.82, 2.24) is 5.32 Å². The quantitative estimate of drug-likeness (QED) is 0.822. The Bertz CT molecular complexity index is 530. The Morgan fingerprint density at radius 2 is 2.14 bits per heavy atom. The molecule has 5 heteroatoms. The Balaban J connectivity index is 1.87. The molecule has 1 aliphatic heterocycles. The third-order valence-corrected chi connectivity index (χ3v) is 4.12. The zero-order valence-electron chi connectivity index (χ0n) is 12.6. The van der Waals surface area contributed by atoms with Crippen LogP contribution in [0.5, 0.6) is 0 Å². The number of rotatable bonds is 6. The SMILES string of the molecule is CCC(C)C(N)C(=O)NCCN1C(=O)Cc2ccccc21. The lowest BCUT2D eigenvalue weighted by Crippen LogP contribution is -2.47. The molecule has 0 aliphatic carbocycles. The number of amides is 2. The fourth-order valence-electron chi connectivity index (χ4n) is 2.48. The van der Waals surface area contributed by atoms with Gasteiger partial charge in [0, 0.05) is 18.8 Å². The maximum absolute atomic E-state index is 12.0. The first-order valence-electron chi connectivity index (χ1n) is 7.46. The van der Waals surface area contributed by atoms with Crippen LogP contribution in [0.2, 0.25) is 0 Å². The van der Waals surface area contributed by atoms with Crippen molar-refractivity contribution in [3.8, 4) is 0 Å². The van der Waals surface area contributed by atoms with Crippen molar-refractivity contribution >= 4 is 17.5 Å². The molecule has 3 N–H and O–H groups in total. The largest absolute Gasteiger partial charge is 0.353 e. The predicted octanol–water partition coefficient (Wildman–Crippen LogP) is 1.07. The smallest absolute Gasteiger partial charge is 0.237 e. The number of hydrogen-bond donors (Lipinski definition) is 2. The summed E-state index contributed by atoms with van der Waals surface area (Å²) >= 11 is 0. The lowest BCUT2D eigenvalue weighted by molar-refractivity contribution is -0.123. The molecule has 5 nitrogen and oxygen atoms in total. The molecule has 1 aromatic rings. The number of carbonyl (C=O) groups is 2. The van der Waals surface area contributed by atoms with Gasteiger partial charge < -0.3 is 16.0 Å². The number of nitrogens with two attached hydrogens (primary N) is 1. The molecule has 0 aromatic heterocycles. The van der Waals surface area contributed by atoms with Gasteiger partial charge in [-0.1, -0.05) is 38.5 Å². The van der Waals surface area contributed by atoms with Gasteiger partial charge in [-0.05, 0) is 17.5 Å². The molecule has 1 aliphatic rings. The van der Waals surface area contributed by atoms with E-state index in [4.69, 9.17) is 5.73 Å². The molecule has 114 valence electrons. The van der Waals surface area contributed by atoms with E-state index in [1.807, 2.05) is 38.1 Å². The molecule has 1 aromatic carbocycles. The molecule has 21 heavy (non-hydrogen) atoms. The maximum Gasteiger partial charge on any atom is 0.237 e. The van der Waals surface area contributed by atoms with E-state index in [1.165, 1.54) is 0 Å². The second-order valence-corrected chi connectivity index (χ2v) is 5.55. The predicted molar refractivity (Wildman–Crippen MR) is 82.9 cm³/mol. The van der Waals surface area contributed by atoms with Crippen LogP contribution in [0.1, 0.15) is 25.8 Å². The molecular formula is C16H23N3O2. The molecule has 2 atom stereocenters. The Labute approximate surface area is 125 Å². The molecule has 0 saturated carbocycles. The molecule has 0 fully saturated rings. The minimum absolute atomic E-state index is 0.0803. The summed E-state index contributed by atoms with van der Waals surface area (Å²) in [5.41, 5.74) is 7.87. The highest BCUT2D eigenvalue weighted by Gasteiger charge is 2.26. The fourth-order valence-corrected chi connectivity index (χ4v) is 2.48. The Kier molecular flexibility index (Phi) is 4.96. The van der Waals surface area contributed by atoms with Gasteiger partial charge >= 0.3 is 0 Å². The Morgan fingerprint density at radius 3 is 2.86 bits per heavy atom. The first-order chi connectivity index (χ1) is 10.0. The van der Waals surface area contributed by atoms with Crippen LogP contribution in [0.15, 0.2) is 24.3 Å². The Morgan fingerprint density at radius 1 is 1.43 bits per heavy atom. The average Bonchev–Trinajstić information content (AvgIpc) is 2.81. The average molecular weight is 289 g/mol. The molecule has 2 amide bonds. The maximum atomic E-state index is 12.0. The molecule has 0 bridgehead atoms. The number of hydrogen-bond acceptors (Lipinski definition) is 3. The lowest BCUT2D eigenvalue weighted by Gasteiger charge is -2.20. The highest BCUT2D eigenvalue weighted by molar-refractivity contribution is 6.01. The van der Waals surface area contributed by atoms with E-state index in [0.29, 0.717) is 19.5 Å². The van der Waals surface area contributed by atoms with E-state index in [9.17, 15) is 9.59 Å². The summed E-state index contributed by atoms with van der Waals surface area (Å²) in [6.07, 6.45) is 1.31. The van der Waals surface area contributed by atoms with E-state index in [1.54, 1.807) is 4.90 Å². The summed E-state index contributed by atoms with van der Waals surface area (Å²) in [6.45, 7) is 4.87. The molecule has 2 unspecified atom stereocenters. The summed E-state index contributed by atoms with van der Waals surface area (Å²) in [5.74, 6) is 0.0834. The minimum atomic E-state index is -0.489. The third kappa shape index (κ3) is 3.42. The van der Waals surface area contributed by atoms with Gasteiger partial charge in [0.05, 0.1) is 12.5 Å². The first kappa shape index (κ1) is 15.5. The second kappa shape index (κ2) is 6.72. The van der Waals surface area contributed by atoms with Gasteiger partial charge in [-0.3, -0.25) is 9.59 Å². The topological polar surface area (TPSA) is 75.4 Å². The fraction of sp³-hybridized carbons (Fsp3) is 0.500. The molecule has 0 saturated heterocycles. The van der Waals surface area contributed by atoms with Crippen molar-refractivity contribution in [1.29, 1.82) is 0 Å². The van der Waals surface area contributed by atoms with Crippen molar-refractivity contribution in [2.75, 3.05) is 18.0 Å². The molecule has 0 spiro atoms. The van der Waals surface area contributed by atoms with Crippen molar-refractivity contribution in [3.05, 3.63) is 29.8 Å². The zero-order chi connectivity index (χ0) is 15.4. The van der Waals surface area contributed by atoms with Crippen LogP contribution in [0.3, 0.4) is 0 Å². The van der Waals surface area contributed by atoms with E-state index >= 15 is 0 Å². The van der Waals surface area contributed by atoms with Gasteiger partial charge in [0.2, 0.25) is 11.8 Å². The molecule has 1 heterocycles. The monoisotopic (exact) mass is 289 g/mol. The highest BCUT2D eigenvalue weighted by Crippen LogP contribution is 2.27. The normalized spacial score (nSPS) is 16.5. The van der Waals surface area contributed by atoms with Crippen molar-refractivity contribution in [3.63, 3.8) is 0 Å². The molecule has 0 radical (unpaired) electrons. The summed E-state index contributed by atoms with van der Waals surface area (Å²) in [7, 11) is 0. The van der Waals surface area contributed by atoms with E-state index in [2.05, 4.69) is 5.32 Å². The molecular weight excluding hydrogens is 266 g/mol. The summed E-state index contributed by atoms with van der Waals surface area (Å²) < 4.78 is 0. The summed E-state index contributed by atoms with van der Waals surface area (Å²) in [5, 5.41) is 2.82. The van der Waals surface area contributed by atoms with Crippen LogP contribution in [0, 0.1) is 5.92 Å². The van der Waals surface area contributed by atoms with Gasteiger partial charge in [0.25, 0.3) is 0 Å². The molecule has 2 rings (SSSR count). The lowest BCUT2D eigenvalue weighted by atomic mass is 9.99. The second-order valence-electron chi connectivity index (χ2n) is 5.55. The van der Waals surface area contributed by atoms with Crippen LogP contribution in [-0.4, -0.2) is 30.9 Å². The van der Waals surface area contributed by atoms with Gasteiger partial charge in [0.15, 0.2) is 0 Å². The van der Waals surface area contributed by atoms with Crippen LogP contribution in [-0.2, 0) is 16.0 Å². The third-order valence-electron chi connectivity index (χ3n) is 4.12. The first-order valence-corrected chi connectivity index (χ1v) is 7.46. The number of para-hydroxylation sites is 1. The highest BCUT2D eigenvalue weighted by atomic mass is 16.2. The summed E-state index contributed by atoms with van der Waals surface area (Å²) in [6, 6.07) is 7.26. The zero-order valence-corrected chi connectivity index (χ0v) is 12.6. The summed E-state index contributed by atoms with van der Waals surface area (Å²) in [4.78, 5) is 25.6. The van der Waals surface area contributed by atoms with Gasteiger partial charge in [0.1, 0.15) is 0 Å². The number of carbonyl (C=O) groups excluding carboxylic acids is 2. The van der Waals surface area contributed by atoms with Crippen molar-refractivity contribution in [2.24, 2.45) is 11.7 Å². The van der Waals surface area contributed by atoms with Gasteiger partial charge in [-0.2, -0.15) is 0 Å². The van der Waals surface area contributed by atoms with Crippen LogP contribution < -0.4 is 16.0 Å². The van der Waals surface area contributed by atoms with Crippen molar-refractivity contribution < 1.29 is 9.59 Å². The Hall–Kier alpha value is -1.88. The van der Waals surface area contributed by atoms with Gasteiger partial charge in [-0.15, -0.1) is 0 Å². The van der Waals surface area contributed by atoms with Crippen LogP contribution in [0.4, 0.5) is 5.69 Å². The van der Waals surface area contributed by atoms with Crippen LogP contribution in [0.25, 0.3) is 0 Å².